The minimum absolute atomic E-state index is 0.00828. The van der Waals surface area contributed by atoms with Crippen LogP contribution in [-0.4, -0.2) is 42.7 Å². The molecule has 0 saturated carbocycles. The van der Waals surface area contributed by atoms with Crippen molar-refractivity contribution in [1.29, 1.82) is 0 Å². The Morgan fingerprint density at radius 1 is 1.44 bits per heavy atom. The molecule has 0 aromatic heterocycles. The number of carbonyl (C=O) groups excluding carboxylic acids is 1. The van der Waals surface area contributed by atoms with Gasteiger partial charge in [0.1, 0.15) is 36.3 Å². The van der Waals surface area contributed by atoms with E-state index in [9.17, 15) is 19.7 Å². The molecule has 0 radical (unpaired) electrons. The lowest BCUT2D eigenvalue weighted by atomic mass is 9.98. The van der Waals surface area contributed by atoms with E-state index in [1.54, 1.807) is 25.2 Å². The molecule has 27 heavy (non-hydrogen) atoms. The second-order valence-corrected chi connectivity index (χ2v) is 5.95. The topological polar surface area (TPSA) is 136 Å². The average molecular weight is 379 g/mol. The van der Waals surface area contributed by atoms with Gasteiger partial charge in [-0.05, 0) is 22.9 Å². The lowest BCUT2D eigenvalue weighted by Crippen LogP contribution is -2.49. The number of ether oxygens (including phenoxy) is 3. The molecule has 1 heterocycles. The summed E-state index contributed by atoms with van der Waals surface area (Å²) in [7, 11) is 1.68. The number of anilines is 1. The third kappa shape index (κ3) is 5.08. The van der Waals surface area contributed by atoms with Crippen LogP contribution in [0.5, 0.6) is 5.75 Å². The van der Waals surface area contributed by atoms with E-state index in [4.69, 9.17) is 14.2 Å². The van der Waals surface area contributed by atoms with Crippen molar-refractivity contribution < 1.29 is 24.1 Å². The van der Waals surface area contributed by atoms with Crippen molar-refractivity contribution >= 4 is 11.7 Å². The van der Waals surface area contributed by atoms with Gasteiger partial charge in [-0.25, -0.2) is 0 Å². The van der Waals surface area contributed by atoms with Crippen molar-refractivity contribution in [2.24, 2.45) is 10.4 Å². The smallest absolute Gasteiger partial charge is 0.302 e. The maximum atomic E-state index is 11.0. The van der Waals surface area contributed by atoms with Crippen LogP contribution in [0.2, 0.25) is 0 Å². The van der Waals surface area contributed by atoms with Gasteiger partial charge in [0.05, 0.1) is 5.69 Å². The summed E-state index contributed by atoms with van der Waals surface area (Å²) >= 11 is 0. The van der Waals surface area contributed by atoms with Crippen molar-refractivity contribution in [1.82, 2.24) is 0 Å². The Morgan fingerprint density at radius 2 is 2.19 bits per heavy atom. The van der Waals surface area contributed by atoms with Crippen LogP contribution in [0.15, 0.2) is 40.8 Å². The molecule has 0 aliphatic carbocycles. The van der Waals surface area contributed by atoms with E-state index in [1.807, 2.05) is 0 Å². The van der Waals surface area contributed by atoms with Gasteiger partial charge in [0.25, 0.3) is 0 Å². The maximum absolute atomic E-state index is 11.0. The summed E-state index contributed by atoms with van der Waals surface area (Å²) in [6.07, 6.45) is -3.48. The van der Waals surface area contributed by atoms with Crippen LogP contribution >= 0.6 is 0 Å². The first kappa shape index (κ1) is 20.5. The quantitative estimate of drug-likeness (QED) is 0.517. The molecule has 1 aromatic carbocycles. The zero-order valence-corrected chi connectivity index (χ0v) is 15.0. The van der Waals surface area contributed by atoms with Gasteiger partial charge < -0.3 is 24.6 Å². The van der Waals surface area contributed by atoms with Crippen LogP contribution in [0.4, 0.5) is 5.69 Å². The number of rotatable bonds is 8. The number of nitroso groups, excluding NO2 is 2. The van der Waals surface area contributed by atoms with Gasteiger partial charge >= 0.3 is 5.97 Å². The first-order valence-electron chi connectivity index (χ1n) is 8.18. The summed E-state index contributed by atoms with van der Waals surface area (Å²) in [4.78, 5) is 32.7. The molecule has 1 aliphatic heterocycles. The van der Waals surface area contributed by atoms with Crippen molar-refractivity contribution in [3.05, 3.63) is 45.9 Å². The van der Waals surface area contributed by atoms with Crippen LogP contribution in [0.3, 0.4) is 0 Å². The highest BCUT2D eigenvalue weighted by atomic mass is 16.7. The number of aliphatic hydroxyl groups is 1. The third-order valence-corrected chi connectivity index (χ3v) is 4.03. The molecule has 4 unspecified atom stereocenters. The Kier molecular flexibility index (Phi) is 6.97. The van der Waals surface area contributed by atoms with E-state index in [-0.39, 0.29) is 18.7 Å². The summed E-state index contributed by atoms with van der Waals surface area (Å²) < 4.78 is 16.3. The molecule has 4 atom stereocenters. The first-order valence-corrected chi connectivity index (χ1v) is 8.18. The Labute approximate surface area is 155 Å². The highest BCUT2D eigenvalue weighted by Gasteiger charge is 2.41. The predicted octanol–water partition coefficient (Wildman–Crippen LogP) is 2.06. The van der Waals surface area contributed by atoms with Crippen LogP contribution in [0.1, 0.15) is 18.9 Å². The van der Waals surface area contributed by atoms with Gasteiger partial charge in [-0.15, -0.1) is 4.91 Å². The zero-order valence-electron chi connectivity index (χ0n) is 15.0. The lowest BCUT2D eigenvalue weighted by Gasteiger charge is -2.35. The summed E-state index contributed by atoms with van der Waals surface area (Å²) in [6.45, 7) is 4.85. The molecule has 2 rings (SSSR count). The number of hydrogen-bond acceptors (Lipinski definition) is 10. The summed E-state index contributed by atoms with van der Waals surface area (Å²) in [5.74, 6) is 0.0106. The van der Waals surface area contributed by atoms with Gasteiger partial charge in [0.2, 0.25) is 6.29 Å². The van der Waals surface area contributed by atoms with Crippen LogP contribution in [0, 0.1) is 9.81 Å². The highest BCUT2D eigenvalue weighted by Crippen LogP contribution is 2.32. The van der Waals surface area contributed by atoms with Gasteiger partial charge in [0, 0.05) is 20.4 Å². The normalized spacial score (nSPS) is 24.6. The molecular weight excluding hydrogens is 358 g/mol. The molecule has 10 heteroatoms. The number of esters is 1. The van der Waals surface area contributed by atoms with Crippen molar-refractivity contribution in [3.8, 4) is 5.75 Å². The van der Waals surface area contributed by atoms with Crippen LogP contribution < -0.4 is 10.1 Å². The minimum Gasteiger partial charge on any atom is -0.463 e. The van der Waals surface area contributed by atoms with E-state index in [0.717, 1.165) is 5.56 Å². The number of carbonyl (C=O) groups is 1. The molecule has 1 fully saturated rings. The van der Waals surface area contributed by atoms with Crippen molar-refractivity contribution in [3.63, 3.8) is 0 Å². The second-order valence-electron chi connectivity index (χ2n) is 5.95. The van der Waals surface area contributed by atoms with E-state index in [0.29, 0.717) is 11.4 Å². The predicted molar refractivity (Wildman–Crippen MR) is 95.9 cm³/mol. The number of aliphatic hydroxyl groups excluding tert-OH is 1. The fourth-order valence-corrected chi connectivity index (χ4v) is 2.64. The second kappa shape index (κ2) is 9.19. The molecule has 2 N–H and O–H groups in total. The fraction of sp³-hybridized carbons (Fsp3) is 0.471. The standard InChI is InChI=1S/C17H21N3O7/c1-9(19-23)17-16(22)13(20-24)7-15(27-17)26-14-5-4-11(6-12(14)18-3)8-25-10(2)21/h4-6,13,15-18,22H,1,7-8H2,2-3H3. The molecule has 0 amide bonds. The third-order valence-electron chi connectivity index (χ3n) is 4.03. The Balaban J connectivity index is 2.16. The zero-order chi connectivity index (χ0) is 20.0. The lowest BCUT2D eigenvalue weighted by molar-refractivity contribution is -0.180. The van der Waals surface area contributed by atoms with Gasteiger partial charge in [-0.3, -0.25) is 4.79 Å². The minimum atomic E-state index is -1.33. The molecule has 10 nitrogen and oxygen atoms in total. The average Bonchev–Trinajstić information content (AvgIpc) is 2.67. The van der Waals surface area contributed by atoms with Gasteiger partial charge in [0.15, 0.2) is 0 Å². The number of hydrogen-bond donors (Lipinski definition) is 2. The number of benzene rings is 1. The number of nitrogens with zero attached hydrogens (tertiary/aromatic N) is 2. The SMILES string of the molecule is C=C(N=O)C1OC(Oc2ccc(COC(C)=O)cc2NC)CC(N=O)C1O. The van der Waals surface area contributed by atoms with Crippen LogP contribution in [-0.2, 0) is 20.9 Å². The molecule has 0 bridgehead atoms. The van der Waals surface area contributed by atoms with E-state index in [1.165, 1.54) is 6.92 Å². The molecular formula is C17H21N3O7. The van der Waals surface area contributed by atoms with Crippen molar-refractivity contribution in [2.45, 2.75) is 44.5 Å². The highest BCUT2D eigenvalue weighted by molar-refractivity contribution is 5.66. The van der Waals surface area contributed by atoms with Gasteiger partial charge in [-0.2, -0.15) is 4.91 Å². The largest absolute Gasteiger partial charge is 0.463 e. The summed E-state index contributed by atoms with van der Waals surface area (Å²) in [5, 5.41) is 18.6. The Hall–Kier alpha value is -2.85. The van der Waals surface area contributed by atoms with E-state index >= 15 is 0 Å². The summed E-state index contributed by atoms with van der Waals surface area (Å²) in [5.41, 5.74) is 1.08. The molecule has 146 valence electrons. The fourth-order valence-electron chi connectivity index (χ4n) is 2.64. The molecule has 1 saturated heterocycles. The Morgan fingerprint density at radius 3 is 2.78 bits per heavy atom. The van der Waals surface area contributed by atoms with Crippen LogP contribution in [0.25, 0.3) is 0 Å². The first-order chi connectivity index (χ1) is 12.9. The van der Waals surface area contributed by atoms with Gasteiger partial charge in [-0.1, -0.05) is 17.8 Å². The monoisotopic (exact) mass is 379 g/mol. The summed E-state index contributed by atoms with van der Waals surface area (Å²) in [6, 6.07) is 4.04. The Bertz CT molecular complexity index is 724. The molecule has 1 aromatic rings. The van der Waals surface area contributed by atoms with Crippen molar-refractivity contribution in [2.75, 3.05) is 12.4 Å². The van der Waals surface area contributed by atoms with E-state index in [2.05, 4.69) is 22.2 Å². The van der Waals surface area contributed by atoms with E-state index < -0.39 is 30.5 Å². The molecule has 1 aliphatic rings. The molecule has 0 spiro atoms. The number of nitrogens with one attached hydrogen (secondary N) is 1. The maximum Gasteiger partial charge on any atom is 0.302 e.